The van der Waals surface area contributed by atoms with Crippen LogP contribution in [0.4, 0.5) is 5.69 Å². The predicted molar refractivity (Wildman–Crippen MR) is 123 cm³/mol. The maximum atomic E-state index is 12.8. The van der Waals surface area contributed by atoms with Crippen molar-refractivity contribution in [2.45, 2.75) is 43.7 Å². The molecule has 0 spiro atoms. The molecule has 0 radical (unpaired) electrons. The number of aliphatic hydroxyl groups is 1. The van der Waals surface area contributed by atoms with Crippen molar-refractivity contribution in [3.63, 3.8) is 0 Å². The van der Waals surface area contributed by atoms with Gasteiger partial charge in [0.25, 0.3) is 0 Å². The Morgan fingerprint density at radius 2 is 1.74 bits per heavy atom. The number of nitrogens with zero attached hydrogens (tertiary/aromatic N) is 2. The van der Waals surface area contributed by atoms with E-state index < -0.39 is 5.60 Å². The number of carbonyl (C=O) groups excluding carboxylic acids is 1. The molecule has 5 nitrogen and oxygen atoms in total. The molecule has 2 N–H and O–H groups in total. The molecule has 3 fully saturated rings. The fraction of sp³-hybridized carbons (Fsp3) is 0.500. The average Bonchev–Trinajstić information content (AvgIpc) is 3.13. The predicted octanol–water partition coefficient (Wildman–Crippen LogP) is 3.23. The Morgan fingerprint density at radius 3 is 2.42 bits per heavy atom. The Kier molecular flexibility index (Phi) is 5.49. The summed E-state index contributed by atoms with van der Waals surface area (Å²) in [4.78, 5) is 17.6. The van der Waals surface area contributed by atoms with Gasteiger partial charge in [-0.05, 0) is 61.9 Å². The Morgan fingerprint density at radius 1 is 1.03 bits per heavy atom. The van der Waals surface area contributed by atoms with Crippen molar-refractivity contribution in [1.82, 2.24) is 10.2 Å². The SMILES string of the molecule is CN1CCN(c2ccccc2CC2CC(c3ccc(C4(O)CCC4)cc3)NC2=O)CC1. The molecule has 2 aromatic carbocycles. The number of hydrogen-bond donors (Lipinski definition) is 2. The van der Waals surface area contributed by atoms with Crippen LogP contribution in [0.25, 0.3) is 0 Å². The highest BCUT2D eigenvalue weighted by Crippen LogP contribution is 2.41. The zero-order valence-electron chi connectivity index (χ0n) is 18.4. The standard InChI is InChI=1S/C26H33N3O2/c1-28-13-15-29(16-14-28)24-6-3-2-5-20(24)17-21-18-23(27-25(21)30)19-7-9-22(10-8-19)26(31)11-4-12-26/h2-3,5-10,21,23,31H,4,11-18H2,1H3,(H,27,30). The number of nitrogens with one attached hydrogen (secondary N) is 1. The number of rotatable bonds is 5. The average molecular weight is 420 g/mol. The van der Waals surface area contributed by atoms with Crippen LogP contribution in [0.2, 0.25) is 0 Å². The molecule has 31 heavy (non-hydrogen) atoms. The summed E-state index contributed by atoms with van der Waals surface area (Å²) in [6.07, 6.45) is 4.39. The van der Waals surface area contributed by atoms with Gasteiger partial charge < -0.3 is 20.2 Å². The minimum atomic E-state index is -0.632. The van der Waals surface area contributed by atoms with Gasteiger partial charge in [-0.2, -0.15) is 0 Å². The summed E-state index contributed by atoms with van der Waals surface area (Å²) in [5.74, 6) is 0.147. The molecule has 3 aliphatic rings. The molecule has 2 atom stereocenters. The van der Waals surface area contributed by atoms with Crippen molar-refractivity contribution in [2.24, 2.45) is 5.92 Å². The van der Waals surface area contributed by atoms with E-state index in [0.717, 1.165) is 69.4 Å². The minimum Gasteiger partial charge on any atom is -0.385 e. The number of carbonyl (C=O) groups is 1. The summed E-state index contributed by atoms with van der Waals surface area (Å²) in [6, 6.07) is 16.9. The van der Waals surface area contributed by atoms with Crippen LogP contribution < -0.4 is 10.2 Å². The third-order valence-electron chi connectivity index (χ3n) is 7.54. The van der Waals surface area contributed by atoms with Gasteiger partial charge in [0.05, 0.1) is 11.6 Å². The van der Waals surface area contributed by atoms with E-state index >= 15 is 0 Å². The lowest BCUT2D eigenvalue weighted by atomic mass is 9.75. The third kappa shape index (κ3) is 4.09. The zero-order chi connectivity index (χ0) is 21.4. The van der Waals surface area contributed by atoms with Crippen LogP contribution in [0.3, 0.4) is 0 Å². The van der Waals surface area contributed by atoms with Gasteiger partial charge in [-0.3, -0.25) is 4.79 Å². The third-order valence-corrected chi connectivity index (χ3v) is 7.54. The van der Waals surface area contributed by atoms with Gasteiger partial charge in [0.1, 0.15) is 0 Å². The van der Waals surface area contributed by atoms with Gasteiger partial charge in [0.2, 0.25) is 5.91 Å². The lowest BCUT2D eigenvalue weighted by molar-refractivity contribution is -0.122. The van der Waals surface area contributed by atoms with Crippen LogP contribution >= 0.6 is 0 Å². The molecule has 1 saturated carbocycles. The first-order valence-electron chi connectivity index (χ1n) is 11.7. The first-order chi connectivity index (χ1) is 15.0. The van der Waals surface area contributed by atoms with Crippen molar-refractivity contribution < 1.29 is 9.90 Å². The van der Waals surface area contributed by atoms with Crippen LogP contribution in [0, 0.1) is 5.92 Å². The Balaban J connectivity index is 1.27. The number of piperazine rings is 1. The Hall–Kier alpha value is -2.37. The lowest BCUT2D eigenvalue weighted by Gasteiger charge is -2.37. The lowest BCUT2D eigenvalue weighted by Crippen LogP contribution is -2.44. The molecule has 5 rings (SSSR count). The minimum absolute atomic E-state index is 0.00546. The van der Waals surface area contributed by atoms with E-state index in [2.05, 4.69) is 58.6 Å². The Bertz CT molecular complexity index is 930. The molecular formula is C26H33N3O2. The second-order valence-corrected chi connectivity index (χ2v) is 9.62. The number of hydrogen-bond acceptors (Lipinski definition) is 4. The van der Waals surface area contributed by atoms with E-state index in [-0.39, 0.29) is 17.9 Å². The number of benzene rings is 2. The maximum Gasteiger partial charge on any atom is 0.224 e. The second kappa shape index (κ2) is 8.29. The molecule has 2 unspecified atom stereocenters. The number of anilines is 1. The molecule has 0 aromatic heterocycles. The van der Waals surface area contributed by atoms with Crippen LogP contribution in [-0.2, 0) is 16.8 Å². The van der Waals surface area contributed by atoms with Crippen LogP contribution in [0.1, 0.15) is 48.4 Å². The zero-order valence-corrected chi connectivity index (χ0v) is 18.4. The van der Waals surface area contributed by atoms with Gasteiger partial charge in [0.15, 0.2) is 0 Å². The van der Waals surface area contributed by atoms with E-state index in [4.69, 9.17) is 0 Å². The summed E-state index contributed by atoms with van der Waals surface area (Å²) in [7, 11) is 2.17. The van der Waals surface area contributed by atoms with Gasteiger partial charge >= 0.3 is 0 Å². The molecule has 2 aliphatic heterocycles. The van der Waals surface area contributed by atoms with E-state index in [0.29, 0.717) is 0 Å². The fourth-order valence-corrected chi connectivity index (χ4v) is 5.27. The van der Waals surface area contributed by atoms with Crippen LogP contribution in [0.5, 0.6) is 0 Å². The topological polar surface area (TPSA) is 55.8 Å². The summed E-state index contributed by atoms with van der Waals surface area (Å²) >= 11 is 0. The van der Waals surface area contributed by atoms with Gasteiger partial charge in [-0.15, -0.1) is 0 Å². The molecule has 0 bridgehead atoms. The van der Waals surface area contributed by atoms with Gasteiger partial charge in [0, 0.05) is 37.8 Å². The van der Waals surface area contributed by atoms with Crippen molar-refractivity contribution in [2.75, 3.05) is 38.1 Å². The van der Waals surface area contributed by atoms with Crippen molar-refractivity contribution in [3.05, 3.63) is 65.2 Å². The van der Waals surface area contributed by atoms with E-state index in [1.165, 1.54) is 11.3 Å². The first-order valence-corrected chi connectivity index (χ1v) is 11.7. The summed E-state index contributed by atoms with van der Waals surface area (Å²) in [6.45, 7) is 4.22. The molecule has 164 valence electrons. The van der Waals surface area contributed by atoms with Crippen LogP contribution in [0.15, 0.2) is 48.5 Å². The molecule has 2 heterocycles. The highest BCUT2D eigenvalue weighted by Gasteiger charge is 2.37. The molecular weight excluding hydrogens is 386 g/mol. The Labute approximate surface area is 185 Å². The number of para-hydroxylation sites is 1. The molecule has 2 saturated heterocycles. The van der Waals surface area contributed by atoms with Gasteiger partial charge in [-0.25, -0.2) is 0 Å². The number of amides is 1. The quantitative estimate of drug-likeness (QED) is 0.781. The highest BCUT2D eigenvalue weighted by atomic mass is 16.3. The smallest absolute Gasteiger partial charge is 0.224 e. The van der Waals surface area contributed by atoms with Crippen LogP contribution in [-0.4, -0.2) is 49.1 Å². The first kappa shape index (κ1) is 20.5. The number of likely N-dealkylation sites (N-methyl/N-ethyl adjacent to an activating group) is 1. The van der Waals surface area contributed by atoms with Crippen molar-refractivity contribution >= 4 is 11.6 Å². The summed E-state index contributed by atoms with van der Waals surface area (Å²) in [5, 5.41) is 13.8. The van der Waals surface area contributed by atoms with E-state index in [1.807, 2.05) is 12.1 Å². The molecule has 1 amide bonds. The summed E-state index contributed by atoms with van der Waals surface area (Å²) in [5.41, 5.74) is 4.06. The van der Waals surface area contributed by atoms with Crippen molar-refractivity contribution in [1.29, 1.82) is 0 Å². The molecule has 1 aliphatic carbocycles. The van der Waals surface area contributed by atoms with E-state index in [9.17, 15) is 9.90 Å². The summed E-state index contributed by atoms with van der Waals surface area (Å²) < 4.78 is 0. The molecule has 5 heteroatoms. The highest BCUT2D eigenvalue weighted by molar-refractivity contribution is 5.82. The fourth-order valence-electron chi connectivity index (χ4n) is 5.27. The molecule has 2 aromatic rings. The maximum absolute atomic E-state index is 12.8. The normalized spacial score (nSPS) is 25.9. The van der Waals surface area contributed by atoms with E-state index in [1.54, 1.807) is 0 Å². The monoisotopic (exact) mass is 419 g/mol. The van der Waals surface area contributed by atoms with Crippen molar-refractivity contribution in [3.8, 4) is 0 Å². The second-order valence-electron chi connectivity index (χ2n) is 9.62. The van der Waals surface area contributed by atoms with Gasteiger partial charge in [-0.1, -0.05) is 42.5 Å². The largest absolute Gasteiger partial charge is 0.385 e.